The SMILES string of the molecule is COc1ccc(/C=N/NC(=O)c2ccc(OCc3ccc(Br)cc3)cc2)cc1. The van der Waals surface area contributed by atoms with Gasteiger partial charge in [0.15, 0.2) is 0 Å². The average Bonchev–Trinajstić information content (AvgIpc) is 2.74. The Bertz CT molecular complexity index is 937. The molecule has 1 N–H and O–H groups in total. The molecule has 3 aromatic rings. The number of amides is 1. The molecule has 0 aromatic heterocycles. The molecule has 0 saturated carbocycles. The largest absolute Gasteiger partial charge is 0.497 e. The van der Waals surface area contributed by atoms with Crippen LogP contribution in [0.2, 0.25) is 0 Å². The highest BCUT2D eigenvalue weighted by atomic mass is 79.9. The van der Waals surface area contributed by atoms with Crippen LogP contribution < -0.4 is 14.9 Å². The van der Waals surface area contributed by atoms with Crippen molar-refractivity contribution in [3.63, 3.8) is 0 Å². The normalized spacial score (nSPS) is 10.6. The van der Waals surface area contributed by atoms with E-state index in [1.807, 2.05) is 48.5 Å². The molecule has 3 aromatic carbocycles. The van der Waals surface area contributed by atoms with Crippen LogP contribution in [0.1, 0.15) is 21.5 Å². The maximum Gasteiger partial charge on any atom is 0.271 e. The second-order valence-corrected chi connectivity index (χ2v) is 6.83. The van der Waals surface area contributed by atoms with E-state index >= 15 is 0 Å². The van der Waals surface area contributed by atoms with E-state index < -0.39 is 0 Å². The summed E-state index contributed by atoms with van der Waals surface area (Å²) in [4.78, 5) is 12.2. The third-order valence-corrected chi connectivity index (χ3v) is 4.46. The minimum absolute atomic E-state index is 0.288. The number of rotatable bonds is 7. The molecule has 0 bridgehead atoms. The first kappa shape index (κ1) is 19.6. The van der Waals surface area contributed by atoms with Crippen molar-refractivity contribution in [3.8, 4) is 11.5 Å². The molecule has 142 valence electrons. The molecule has 3 rings (SSSR count). The summed E-state index contributed by atoms with van der Waals surface area (Å²) in [7, 11) is 1.61. The Morgan fingerprint density at radius 3 is 2.25 bits per heavy atom. The summed E-state index contributed by atoms with van der Waals surface area (Å²) < 4.78 is 11.9. The Morgan fingerprint density at radius 1 is 0.964 bits per heavy atom. The molecular weight excluding hydrogens is 420 g/mol. The number of carbonyl (C=O) groups excluding carboxylic acids is 1. The second-order valence-electron chi connectivity index (χ2n) is 5.91. The van der Waals surface area contributed by atoms with Gasteiger partial charge >= 0.3 is 0 Å². The monoisotopic (exact) mass is 438 g/mol. The lowest BCUT2D eigenvalue weighted by atomic mass is 10.2. The van der Waals surface area contributed by atoms with Gasteiger partial charge < -0.3 is 9.47 Å². The Kier molecular flexibility index (Phi) is 6.81. The van der Waals surface area contributed by atoms with Crippen LogP contribution in [0.4, 0.5) is 0 Å². The van der Waals surface area contributed by atoms with Crippen LogP contribution in [0.25, 0.3) is 0 Å². The Morgan fingerprint density at radius 2 is 1.61 bits per heavy atom. The van der Waals surface area contributed by atoms with Crippen molar-refractivity contribution in [2.45, 2.75) is 6.61 Å². The number of carbonyl (C=O) groups is 1. The molecule has 0 heterocycles. The number of nitrogens with one attached hydrogen (secondary N) is 1. The van der Waals surface area contributed by atoms with Crippen molar-refractivity contribution in [3.05, 3.63) is 94.0 Å². The van der Waals surface area contributed by atoms with Crippen molar-refractivity contribution in [1.82, 2.24) is 5.43 Å². The summed E-state index contributed by atoms with van der Waals surface area (Å²) in [6.45, 7) is 0.463. The van der Waals surface area contributed by atoms with E-state index in [0.717, 1.165) is 21.3 Å². The molecule has 0 saturated heterocycles. The number of hydrazone groups is 1. The van der Waals surface area contributed by atoms with Crippen molar-refractivity contribution < 1.29 is 14.3 Å². The summed E-state index contributed by atoms with van der Waals surface area (Å²) in [6.07, 6.45) is 1.58. The third-order valence-electron chi connectivity index (χ3n) is 3.93. The average molecular weight is 439 g/mol. The minimum Gasteiger partial charge on any atom is -0.497 e. The molecule has 6 heteroatoms. The van der Waals surface area contributed by atoms with Crippen molar-refractivity contribution in [2.24, 2.45) is 5.10 Å². The minimum atomic E-state index is -0.288. The zero-order chi connectivity index (χ0) is 19.8. The molecule has 0 aliphatic rings. The van der Waals surface area contributed by atoms with Gasteiger partial charge in [0.2, 0.25) is 0 Å². The van der Waals surface area contributed by atoms with E-state index in [1.54, 1.807) is 37.6 Å². The first-order valence-electron chi connectivity index (χ1n) is 8.59. The summed E-state index contributed by atoms with van der Waals surface area (Å²) in [5.74, 6) is 1.18. The fourth-order valence-electron chi connectivity index (χ4n) is 2.37. The van der Waals surface area contributed by atoms with Crippen LogP contribution in [-0.4, -0.2) is 19.2 Å². The van der Waals surface area contributed by atoms with Crippen LogP contribution in [0, 0.1) is 0 Å². The van der Waals surface area contributed by atoms with E-state index in [2.05, 4.69) is 26.5 Å². The number of nitrogens with zero attached hydrogens (tertiary/aromatic N) is 1. The number of benzene rings is 3. The standard InChI is InChI=1S/C22H19BrN2O3/c1-27-20-10-4-16(5-11-20)14-24-25-22(26)18-6-12-21(13-7-18)28-15-17-2-8-19(23)9-3-17/h2-14H,15H2,1H3,(H,25,26)/b24-14+. The fraction of sp³-hybridized carbons (Fsp3) is 0.0909. The van der Waals surface area contributed by atoms with E-state index in [1.165, 1.54) is 0 Å². The van der Waals surface area contributed by atoms with Gasteiger partial charge in [-0.3, -0.25) is 4.79 Å². The van der Waals surface area contributed by atoms with Crippen molar-refractivity contribution in [2.75, 3.05) is 7.11 Å². The van der Waals surface area contributed by atoms with Crippen LogP contribution in [-0.2, 0) is 6.61 Å². The Hall–Kier alpha value is -3.12. The lowest BCUT2D eigenvalue weighted by molar-refractivity contribution is 0.0955. The van der Waals surface area contributed by atoms with Crippen LogP contribution in [0.3, 0.4) is 0 Å². The van der Waals surface area contributed by atoms with Gasteiger partial charge in [-0.1, -0.05) is 28.1 Å². The first-order valence-corrected chi connectivity index (χ1v) is 9.38. The lowest BCUT2D eigenvalue weighted by Crippen LogP contribution is -2.17. The molecule has 0 fully saturated rings. The predicted molar refractivity (Wildman–Crippen MR) is 113 cm³/mol. The number of methoxy groups -OCH3 is 1. The molecule has 0 spiro atoms. The summed E-state index contributed by atoms with van der Waals surface area (Å²) in [5.41, 5.74) is 4.94. The molecule has 0 radical (unpaired) electrons. The predicted octanol–water partition coefficient (Wildman–Crippen LogP) is 4.80. The maximum atomic E-state index is 12.2. The molecule has 0 aliphatic carbocycles. The zero-order valence-electron chi connectivity index (χ0n) is 15.3. The number of hydrogen-bond acceptors (Lipinski definition) is 4. The zero-order valence-corrected chi connectivity index (χ0v) is 16.8. The van der Waals surface area contributed by atoms with Gasteiger partial charge in [-0.2, -0.15) is 5.10 Å². The van der Waals surface area contributed by atoms with Gasteiger partial charge in [-0.15, -0.1) is 0 Å². The van der Waals surface area contributed by atoms with Crippen molar-refractivity contribution in [1.29, 1.82) is 0 Å². The molecule has 5 nitrogen and oxygen atoms in total. The van der Waals surface area contributed by atoms with E-state index in [0.29, 0.717) is 17.9 Å². The molecule has 0 aliphatic heterocycles. The lowest BCUT2D eigenvalue weighted by Gasteiger charge is -2.07. The number of hydrogen-bond donors (Lipinski definition) is 1. The molecule has 0 unspecified atom stereocenters. The van der Waals surface area contributed by atoms with Gasteiger partial charge in [0.05, 0.1) is 13.3 Å². The summed E-state index contributed by atoms with van der Waals surface area (Å²) in [6, 6.07) is 22.2. The molecule has 28 heavy (non-hydrogen) atoms. The van der Waals surface area contributed by atoms with E-state index in [-0.39, 0.29) is 5.91 Å². The highest BCUT2D eigenvalue weighted by Gasteiger charge is 2.04. The van der Waals surface area contributed by atoms with Crippen LogP contribution >= 0.6 is 15.9 Å². The van der Waals surface area contributed by atoms with Gasteiger partial charge in [0.25, 0.3) is 5.91 Å². The Labute approximate surface area is 172 Å². The number of halogens is 1. The smallest absolute Gasteiger partial charge is 0.271 e. The summed E-state index contributed by atoms with van der Waals surface area (Å²) >= 11 is 3.41. The van der Waals surface area contributed by atoms with Crippen LogP contribution in [0.15, 0.2) is 82.4 Å². The highest BCUT2D eigenvalue weighted by Crippen LogP contribution is 2.16. The first-order chi connectivity index (χ1) is 13.6. The van der Waals surface area contributed by atoms with E-state index in [9.17, 15) is 4.79 Å². The quantitative estimate of drug-likeness (QED) is 0.425. The fourth-order valence-corrected chi connectivity index (χ4v) is 2.63. The highest BCUT2D eigenvalue weighted by molar-refractivity contribution is 9.10. The Balaban J connectivity index is 1.51. The maximum absolute atomic E-state index is 12.2. The summed E-state index contributed by atoms with van der Waals surface area (Å²) in [5, 5.41) is 3.98. The molecular formula is C22H19BrN2O3. The van der Waals surface area contributed by atoms with Gasteiger partial charge in [0, 0.05) is 10.0 Å². The van der Waals surface area contributed by atoms with Gasteiger partial charge in [-0.05, 0) is 71.8 Å². The van der Waals surface area contributed by atoms with E-state index in [4.69, 9.17) is 9.47 Å². The molecule has 0 atom stereocenters. The number of ether oxygens (including phenoxy) is 2. The third kappa shape index (κ3) is 5.69. The van der Waals surface area contributed by atoms with Crippen LogP contribution in [0.5, 0.6) is 11.5 Å². The van der Waals surface area contributed by atoms with Gasteiger partial charge in [0.1, 0.15) is 18.1 Å². The topological polar surface area (TPSA) is 59.9 Å². The second kappa shape index (κ2) is 9.71. The van der Waals surface area contributed by atoms with Gasteiger partial charge in [-0.25, -0.2) is 5.43 Å². The van der Waals surface area contributed by atoms with Crippen molar-refractivity contribution >= 4 is 28.1 Å². The molecule has 1 amide bonds.